The minimum absolute atomic E-state index is 0.338. The number of hydrogen-bond donors (Lipinski definition) is 2. The van der Waals surface area contributed by atoms with E-state index in [2.05, 4.69) is 26.1 Å². The van der Waals surface area contributed by atoms with Crippen molar-refractivity contribution in [3.63, 3.8) is 0 Å². The van der Waals surface area contributed by atoms with Crippen LogP contribution in [0.25, 0.3) is 0 Å². The minimum Gasteiger partial charge on any atom is -0.478 e. The molecule has 3 heteroatoms. The Bertz CT molecular complexity index is 454. The van der Waals surface area contributed by atoms with Gasteiger partial charge in [-0.15, -0.1) is 0 Å². The molecular weight excluding hydrogens is 226 g/mol. The summed E-state index contributed by atoms with van der Waals surface area (Å²) >= 11 is 0. The second kappa shape index (κ2) is 4.63. The maximum Gasteiger partial charge on any atom is 0.335 e. The van der Waals surface area contributed by atoms with Crippen LogP contribution in [-0.2, 0) is 0 Å². The van der Waals surface area contributed by atoms with Crippen LogP contribution in [0.5, 0.6) is 0 Å². The van der Waals surface area contributed by atoms with Crippen molar-refractivity contribution < 1.29 is 9.90 Å². The Balaban J connectivity index is 2.10. The number of anilines is 1. The third kappa shape index (κ3) is 2.84. The summed E-state index contributed by atoms with van der Waals surface area (Å²) in [4.78, 5) is 10.9. The number of carbonyl (C=O) groups is 1. The fourth-order valence-electron chi connectivity index (χ4n) is 3.04. The van der Waals surface area contributed by atoms with E-state index in [0.29, 0.717) is 22.9 Å². The smallest absolute Gasteiger partial charge is 0.335 e. The van der Waals surface area contributed by atoms with Crippen LogP contribution >= 0.6 is 0 Å². The van der Waals surface area contributed by atoms with Crippen LogP contribution < -0.4 is 5.32 Å². The highest BCUT2D eigenvalue weighted by Gasteiger charge is 2.36. The standard InChI is InChI=1S/C15H21NO2/c1-10-8-15(2,3)9-13(10)16-12-6-4-5-11(7-12)14(17)18/h4-7,10,13,16H,8-9H2,1-3H3,(H,17,18). The van der Waals surface area contributed by atoms with Gasteiger partial charge in [-0.1, -0.05) is 26.8 Å². The quantitative estimate of drug-likeness (QED) is 0.857. The molecule has 1 aliphatic rings. The summed E-state index contributed by atoms with van der Waals surface area (Å²) in [6.07, 6.45) is 2.34. The molecule has 0 amide bonds. The topological polar surface area (TPSA) is 49.3 Å². The highest BCUT2D eigenvalue weighted by atomic mass is 16.4. The number of hydrogen-bond acceptors (Lipinski definition) is 2. The van der Waals surface area contributed by atoms with Gasteiger partial charge in [0.25, 0.3) is 0 Å². The van der Waals surface area contributed by atoms with Crippen molar-refractivity contribution in [3.8, 4) is 0 Å². The zero-order chi connectivity index (χ0) is 13.3. The van der Waals surface area contributed by atoms with E-state index in [9.17, 15) is 4.79 Å². The molecular formula is C15H21NO2. The first-order chi connectivity index (χ1) is 8.37. The maximum atomic E-state index is 10.9. The fourth-order valence-corrected chi connectivity index (χ4v) is 3.04. The molecule has 0 spiro atoms. The van der Waals surface area contributed by atoms with Gasteiger partial charge in [-0.2, -0.15) is 0 Å². The molecule has 0 aromatic heterocycles. The second-order valence-corrected chi connectivity index (χ2v) is 6.19. The molecule has 1 saturated carbocycles. The lowest BCUT2D eigenvalue weighted by Gasteiger charge is -2.20. The normalized spacial score (nSPS) is 25.9. The molecule has 98 valence electrons. The average molecular weight is 247 g/mol. The SMILES string of the molecule is CC1CC(C)(C)CC1Nc1cccc(C(=O)O)c1. The van der Waals surface area contributed by atoms with Crippen molar-refractivity contribution in [1.29, 1.82) is 0 Å². The molecule has 2 atom stereocenters. The molecule has 0 saturated heterocycles. The molecule has 1 fully saturated rings. The third-order valence-corrected chi connectivity index (χ3v) is 3.80. The lowest BCUT2D eigenvalue weighted by molar-refractivity contribution is 0.0697. The molecule has 0 aliphatic heterocycles. The molecule has 1 aromatic rings. The zero-order valence-corrected chi connectivity index (χ0v) is 11.2. The predicted octanol–water partition coefficient (Wildman–Crippen LogP) is 3.62. The van der Waals surface area contributed by atoms with E-state index in [-0.39, 0.29) is 0 Å². The Morgan fingerprint density at radius 2 is 2.11 bits per heavy atom. The van der Waals surface area contributed by atoms with Gasteiger partial charge in [-0.3, -0.25) is 0 Å². The lowest BCUT2D eigenvalue weighted by atomic mass is 9.91. The van der Waals surface area contributed by atoms with Crippen molar-refractivity contribution in [1.82, 2.24) is 0 Å². The average Bonchev–Trinajstić information content (AvgIpc) is 2.52. The van der Waals surface area contributed by atoms with E-state index >= 15 is 0 Å². The maximum absolute atomic E-state index is 10.9. The molecule has 1 aliphatic carbocycles. The highest BCUT2D eigenvalue weighted by molar-refractivity contribution is 5.88. The summed E-state index contributed by atoms with van der Waals surface area (Å²) in [6.45, 7) is 6.84. The van der Waals surface area contributed by atoms with Crippen LogP contribution in [0.15, 0.2) is 24.3 Å². The summed E-state index contributed by atoms with van der Waals surface area (Å²) in [5, 5.41) is 12.5. The summed E-state index contributed by atoms with van der Waals surface area (Å²) in [7, 11) is 0. The third-order valence-electron chi connectivity index (χ3n) is 3.80. The van der Waals surface area contributed by atoms with Gasteiger partial charge in [0.05, 0.1) is 5.56 Å². The number of carboxylic acids is 1. The van der Waals surface area contributed by atoms with Gasteiger partial charge < -0.3 is 10.4 Å². The van der Waals surface area contributed by atoms with Gasteiger partial charge in [0, 0.05) is 11.7 Å². The Kier molecular flexibility index (Phi) is 3.33. The summed E-state index contributed by atoms with van der Waals surface area (Å²) in [5.41, 5.74) is 1.62. The Morgan fingerprint density at radius 1 is 1.39 bits per heavy atom. The molecule has 0 radical (unpaired) electrons. The molecule has 18 heavy (non-hydrogen) atoms. The van der Waals surface area contributed by atoms with E-state index in [1.54, 1.807) is 18.2 Å². The molecule has 2 unspecified atom stereocenters. The Hall–Kier alpha value is -1.51. The van der Waals surface area contributed by atoms with Crippen LogP contribution in [-0.4, -0.2) is 17.1 Å². The largest absolute Gasteiger partial charge is 0.478 e. The van der Waals surface area contributed by atoms with Crippen LogP contribution in [0, 0.1) is 11.3 Å². The number of nitrogens with one attached hydrogen (secondary N) is 1. The Labute approximate surface area is 108 Å². The first-order valence-corrected chi connectivity index (χ1v) is 6.47. The molecule has 2 N–H and O–H groups in total. The summed E-state index contributed by atoms with van der Waals surface area (Å²) < 4.78 is 0. The van der Waals surface area contributed by atoms with Crippen molar-refractivity contribution in [3.05, 3.63) is 29.8 Å². The molecule has 2 rings (SSSR count). The van der Waals surface area contributed by atoms with Gasteiger partial charge in [0.2, 0.25) is 0 Å². The summed E-state index contributed by atoms with van der Waals surface area (Å²) in [6, 6.07) is 7.49. The molecule has 3 nitrogen and oxygen atoms in total. The molecule has 1 aromatic carbocycles. The van der Waals surface area contributed by atoms with E-state index in [1.807, 2.05) is 6.07 Å². The lowest BCUT2D eigenvalue weighted by Crippen LogP contribution is -2.22. The monoisotopic (exact) mass is 247 g/mol. The second-order valence-electron chi connectivity index (χ2n) is 6.19. The molecule has 0 heterocycles. The van der Waals surface area contributed by atoms with Gasteiger partial charge in [-0.25, -0.2) is 4.79 Å². The van der Waals surface area contributed by atoms with Gasteiger partial charge in [0.15, 0.2) is 0 Å². The van der Waals surface area contributed by atoms with E-state index in [0.717, 1.165) is 12.1 Å². The van der Waals surface area contributed by atoms with Crippen molar-refractivity contribution >= 4 is 11.7 Å². The number of benzene rings is 1. The van der Waals surface area contributed by atoms with Crippen molar-refractivity contribution in [2.24, 2.45) is 11.3 Å². The van der Waals surface area contributed by atoms with Gasteiger partial charge >= 0.3 is 5.97 Å². The summed E-state index contributed by atoms with van der Waals surface area (Å²) in [5.74, 6) is -0.257. The van der Waals surface area contributed by atoms with Gasteiger partial charge in [-0.05, 0) is 42.4 Å². The van der Waals surface area contributed by atoms with E-state index in [4.69, 9.17) is 5.11 Å². The van der Waals surface area contributed by atoms with Crippen LogP contribution in [0.4, 0.5) is 5.69 Å². The van der Waals surface area contributed by atoms with Crippen molar-refractivity contribution in [2.75, 3.05) is 5.32 Å². The van der Waals surface area contributed by atoms with E-state index in [1.165, 1.54) is 6.42 Å². The number of rotatable bonds is 3. The van der Waals surface area contributed by atoms with E-state index < -0.39 is 5.97 Å². The van der Waals surface area contributed by atoms with Gasteiger partial charge in [0.1, 0.15) is 0 Å². The van der Waals surface area contributed by atoms with Crippen LogP contribution in [0.3, 0.4) is 0 Å². The number of aromatic carboxylic acids is 1. The highest BCUT2D eigenvalue weighted by Crippen LogP contribution is 2.42. The number of carboxylic acid groups (broad SMARTS) is 1. The van der Waals surface area contributed by atoms with Crippen LogP contribution in [0.2, 0.25) is 0 Å². The first-order valence-electron chi connectivity index (χ1n) is 6.47. The van der Waals surface area contributed by atoms with Crippen molar-refractivity contribution in [2.45, 2.75) is 39.7 Å². The van der Waals surface area contributed by atoms with Crippen LogP contribution in [0.1, 0.15) is 44.0 Å². The zero-order valence-electron chi connectivity index (χ0n) is 11.2. The fraction of sp³-hybridized carbons (Fsp3) is 0.533. The minimum atomic E-state index is -0.876. The predicted molar refractivity (Wildman–Crippen MR) is 73.0 cm³/mol. The first kappa shape index (κ1) is 12.9. The molecule has 0 bridgehead atoms. The Morgan fingerprint density at radius 3 is 2.67 bits per heavy atom.